The number of nitrogens with zero attached hydrogens (tertiary/aromatic N) is 4. The molecule has 8 nitrogen and oxygen atoms in total. The van der Waals surface area contributed by atoms with Crippen molar-refractivity contribution in [1.82, 2.24) is 9.36 Å². The molecule has 2 aromatic carbocycles. The van der Waals surface area contributed by atoms with Gasteiger partial charge in [0.15, 0.2) is 5.69 Å². The van der Waals surface area contributed by atoms with Crippen LogP contribution in [0.5, 0.6) is 5.75 Å². The number of aromatic nitrogens is 2. The Kier molecular flexibility index (Phi) is 4.95. The van der Waals surface area contributed by atoms with E-state index in [1.807, 2.05) is 18.2 Å². The van der Waals surface area contributed by atoms with E-state index in [2.05, 4.69) is 20.9 Å². The molecular formula is C18H15BrN4O4. The van der Waals surface area contributed by atoms with Crippen LogP contribution in [0, 0.1) is 17.0 Å². The number of hydrogen-bond acceptors (Lipinski definition) is 5. The van der Waals surface area contributed by atoms with E-state index in [0.717, 1.165) is 0 Å². The van der Waals surface area contributed by atoms with Gasteiger partial charge in [-0.05, 0) is 35.0 Å². The molecule has 1 N–H and O–H groups in total. The van der Waals surface area contributed by atoms with Gasteiger partial charge in [0.05, 0.1) is 20.8 Å². The molecule has 0 amide bonds. The lowest BCUT2D eigenvalue weighted by Crippen LogP contribution is -2.19. The summed E-state index contributed by atoms with van der Waals surface area (Å²) in [4.78, 5) is 27.4. The first kappa shape index (κ1) is 18.6. The minimum Gasteiger partial charge on any atom is -0.506 e. The van der Waals surface area contributed by atoms with Crippen molar-refractivity contribution in [3.8, 4) is 11.4 Å². The Morgan fingerprint density at radius 2 is 1.93 bits per heavy atom. The summed E-state index contributed by atoms with van der Waals surface area (Å²) in [7, 11) is 1.74. The SMILES string of the molecule is Cc1c(N=Cc2cc([N+](=O)[O-])cc(Br)c2O)c(=O)n(-c2ccccc2)n1C. The van der Waals surface area contributed by atoms with Crippen LogP contribution in [0.2, 0.25) is 0 Å². The van der Waals surface area contributed by atoms with Crippen LogP contribution in [-0.4, -0.2) is 25.6 Å². The quantitative estimate of drug-likeness (QED) is 0.387. The third-order valence-corrected chi connectivity index (χ3v) is 4.75. The van der Waals surface area contributed by atoms with Crippen molar-refractivity contribution in [1.29, 1.82) is 0 Å². The number of nitro groups is 1. The zero-order valence-corrected chi connectivity index (χ0v) is 16.0. The summed E-state index contributed by atoms with van der Waals surface area (Å²) in [5.41, 5.74) is 1.09. The van der Waals surface area contributed by atoms with Crippen LogP contribution in [0.1, 0.15) is 11.3 Å². The standard InChI is InChI=1S/C18H15BrN4O4/c1-11-16(18(25)22(21(11)2)13-6-4-3-5-7-13)20-10-12-8-14(23(26)27)9-15(19)17(12)24/h3-10,24H,1-2H3. The molecule has 0 atom stereocenters. The van der Waals surface area contributed by atoms with Crippen LogP contribution in [0.3, 0.4) is 0 Å². The van der Waals surface area contributed by atoms with Crippen molar-refractivity contribution in [2.75, 3.05) is 0 Å². The highest BCUT2D eigenvalue weighted by Crippen LogP contribution is 2.32. The molecule has 0 saturated heterocycles. The Morgan fingerprint density at radius 1 is 1.26 bits per heavy atom. The van der Waals surface area contributed by atoms with E-state index in [-0.39, 0.29) is 32.7 Å². The topological polar surface area (TPSA) is 103 Å². The highest BCUT2D eigenvalue weighted by molar-refractivity contribution is 9.10. The first-order valence-corrected chi connectivity index (χ1v) is 8.65. The molecule has 0 aliphatic rings. The van der Waals surface area contributed by atoms with Gasteiger partial charge in [0.1, 0.15) is 5.75 Å². The molecule has 0 spiro atoms. The molecule has 0 aliphatic heterocycles. The molecule has 1 heterocycles. The summed E-state index contributed by atoms with van der Waals surface area (Å²) in [6.07, 6.45) is 1.24. The molecule has 1 aromatic heterocycles. The molecule has 0 fully saturated rings. The van der Waals surface area contributed by atoms with E-state index in [4.69, 9.17) is 0 Å². The molecule has 9 heteroatoms. The predicted molar refractivity (Wildman–Crippen MR) is 105 cm³/mol. The number of benzene rings is 2. The average Bonchev–Trinajstić information content (AvgIpc) is 2.86. The Morgan fingerprint density at radius 3 is 2.56 bits per heavy atom. The summed E-state index contributed by atoms with van der Waals surface area (Å²) < 4.78 is 3.32. The predicted octanol–water partition coefficient (Wildman–Crippen LogP) is 3.61. The normalized spacial score (nSPS) is 11.2. The Hall–Kier alpha value is -3.20. The van der Waals surface area contributed by atoms with Crippen LogP contribution in [0.25, 0.3) is 5.69 Å². The second-order valence-electron chi connectivity index (χ2n) is 5.79. The van der Waals surface area contributed by atoms with Crippen LogP contribution in [0.4, 0.5) is 11.4 Å². The van der Waals surface area contributed by atoms with E-state index >= 15 is 0 Å². The summed E-state index contributed by atoms with van der Waals surface area (Å²) in [6.45, 7) is 1.75. The molecule has 27 heavy (non-hydrogen) atoms. The molecule has 3 aromatic rings. The molecule has 3 rings (SSSR count). The van der Waals surface area contributed by atoms with Crippen LogP contribution in [-0.2, 0) is 7.05 Å². The number of aliphatic imine (C=N–C) groups is 1. The minimum absolute atomic E-state index is 0.130. The van der Waals surface area contributed by atoms with Crippen LogP contribution >= 0.6 is 15.9 Å². The minimum atomic E-state index is -0.572. The van der Waals surface area contributed by atoms with Crippen molar-refractivity contribution in [2.24, 2.45) is 12.0 Å². The van der Waals surface area contributed by atoms with E-state index in [9.17, 15) is 20.0 Å². The molecular weight excluding hydrogens is 416 g/mol. The van der Waals surface area contributed by atoms with Crippen molar-refractivity contribution >= 4 is 33.5 Å². The Labute approximate surface area is 162 Å². The monoisotopic (exact) mass is 430 g/mol. The van der Waals surface area contributed by atoms with Gasteiger partial charge in [0.2, 0.25) is 0 Å². The molecule has 0 aliphatic carbocycles. The summed E-state index contributed by atoms with van der Waals surface area (Å²) >= 11 is 3.08. The van der Waals surface area contributed by atoms with E-state index in [0.29, 0.717) is 11.4 Å². The van der Waals surface area contributed by atoms with Crippen molar-refractivity contribution in [3.63, 3.8) is 0 Å². The van der Waals surface area contributed by atoms with Gasteiger partial charge >= 0.3 is 0 Å². The van der Waals surface area contributed by atoms with Crippen molar-refractivity contribution < 1.29 is 10.0 Å². The van der Waals surface area contributed by atoms with E-state index in [1.54, 1.807) is 30.8 Å². The first-order valence-electron chi connectivity index (χ1n) is 7.86. The number of para-hydroxylation sites is 1. The molecule has 138 valence electrons. The number of phenols is 1. The van der Waals surface area contributed by atoms with Gasteiger partial charge in [-0.15, -0.1) is 0 Å². The number of phenolic OH excluding ortho intramolecular Hbond substituents is 1. The van der Waals surface area contributed by atoms with Crippen molar-refractivity contribution in [3.05, 3.63) is 78.7 Å². The molecule has 0 bridgehead atoms. The highest BCUT2D eigenvalue weighted by atomic mass is 79.9. The highest BCUT2D eigenvalue weighted by Gasteiger charge is 2.17. The number of halogens is 1. The fourth-order valence-electron chi connectivity index (χ4n) is 2.65. The van der Waals surface area contributed by atoms with E-state index in [1.165, 1.54) is 23.0 Å². The Bertz CT molecular complexity index is 1120. The fraction of sp³-hybridized carbons (Fsp3) is 0.111. The van der Waals surface area contributed by atoms with Gasteiger partial charge in [0.25, 0.3) is 11.2 Å². The maximum Gasteiger partial charge on any atom is 0.297 e. The molecule has 0 saturated carbocycles. The maximum atomic E-state index is 12.8. The van der Waals surface area contributed by atoms with Crippen LogP contribution < -0.4 is 5.56 Å². The summed E-state index contributed by atoms with van der Waals surface area (Å²) in [5, 5.41) is 21.1. The number of nitro benzene ring substituents is 1. The first-order chi connectivity index (χ1) is 12.8. The average molecular weight is 431 g/mol. The van der Waals surface area contributed by atoms with E-state index < -0.39 is 4.92 Å². The zero-order chi connectivity index (χ0) is 19.7. The lowest BCUT2D eigenvalue weighted by atomic mass is 10.2. The molecule has 0 radical (unpaired) electrons. The lowest BCUT2D eigenvalue weighted by molar-refractivity contribution is -0.385. The third kappa shape index (κ3) is 3.41. The van der Waals surface area contributed by atoms with Gasteiger partial charge in [0, 0.05) is 31.0 Å². The third-order valence-electron chi connectivity index (χ3n) is 4.15. The van der Waals surface area contributed by atoms with Gasteiger partial charge in [-0.25, -0.2) is 9.67 Å². The number of aromatic hydroxyl groups is 1. The molecule has 0 unspecified atom stereocenters. The number of rotatable bonds is 4. The second kappa shape index (κ2) is 7.20. The van der Waals surface area contributed by atoms with Crippen molar-refractivity contribution in [2.45, 2.75) is 6.92 Å². The summed E-state index contributed by atoms with van der Waals surface area (Å²) in [5.74, 6) is -0.193. The van der Waals surface area contributed by atoms with Gasteiger partial charge in [-0.2, -0.15) is 0 Å². The number of non-ortho nitro benzene ring substituents is 1. The second-order valence-corrected chi connectivity index (χ2v) is 6.65. The summed E-state index contributed by atoms with van der Waals surface area (Å²) in [6, 6.07) is 11.5. The largest absolute Gasteiger partial charge is 0.506 e. The zero-order valence-electron chi connectivity index (χ0n) is 14.5. The maximum absolute atomic E-state index is 12.8. The van der Waals surface area contributed by atoms with Crippen LogP contribution in [0.15, 0.2) is 56.7 Å². The lowest BCUT2D eigenvalue weighted by Gasteiger charge is -2.07. The van der Waals surface area contributed by atoms with Gasteiger partial charge < -0.3 is 5.11 Å². The Balaban J connectivity index is 2.10. The fourth-order valence-corrected chi connectivity index (χ4v) is 3.11. The number of hydrogen-bond donors (Lipinski definition) is 1. The van der Waals surface area contributed by atoms with Gasteiger partial charge in [-0.3, -0.25) is 19.6 Å². The van der Waals surface area contributed by atoms with Gasteiger partial charge in [-0.1, -0.05) is 18.2 Å². The smallest absolute Gasteiger partial charge is 0.297 e.